The van der Waals surface area contributed by atoms with E-state index in [1.807, 2.05) is 28.8 Å². The average Bonchev–Trinajstić information content (AvgIpc) is 3.35. The molecule has 1 fully saturated rings. The zero-order chi connectivity index (χ0) is 16.4. The number of rotatable bonds is 5. The van der Waals surface area contributed by atoms with Crippen molar-refractivity contribution < 1.29 is 13.9 Å². The van der Waals surface area contributed by atoms with Crippen molar-refractivity contribution in [3.8, 4) is 0 Å². The molecule has 124 valence electrons. The third-order valence-electron chi connectivity index (χ3n) is 4.13. The van der Waals surface area contributed by atoms with Gasteiger partial charge in [0.2, 0.25) is 5.89 Å². The number of carbonyl (C=O) groups excluding carboxylic acids is 1. The molecule has 1 N–H and O–H groups in total. The van der Waals surface area contributed by atoms with Crippen LogP contribution in [0.1, 0.15) is 29.2 Å². The summed E-state index contributed by atoms with van der Waals surface area (Å²) in [7, 11) is 0. The van der Waals surface area contributed by atoms with E-state index in [4.69, 9.17) is 9.15 Å². The van der Waals surface area contributed by atoms with Crippen LogP contribution in [-0.2, 0) is 11.3 Å². The van der Waals surface area contributed by atoms with Crippen molar-refractivity contribution in [3.63, 3.8) is 0 Å². The summed E-state index contributed by atoms with van der Waals surface area (Å²) < 4.78 is 12.9. The number of ether oxygens (including phenoxy) is 1. The lowest BCUT2D eigenvalue weighted by atomic mass is 10.2. The van der Waals surface area contributed by atoms with Gasteiger partial charge in [0.25, 0.3) is 5.91 Å². The minimum atomic E-state index is -0.240. The molecule has 1 aliphatic rings. The van der Waals surface area contributed by atoms with E-state index in [1.54, 1.807) is 6.33 Å². The third kappa shape index (κ3) is 3.03. The minimum absolute atomic E-state index is 0.109. The maximum atomic E-state index is 12.1. The molecule has 1 atom stereocenters. The summed E-state index contributed by atoms with van der Waals surface area (Å²) in [4.78, 5) is 20.7. The molecule has 4 rings (SSSR count). The lowest BCUT2D eigenvalue weighted by Gasteiger charge is -2.09. The van der Waals surface area contributed by atoms with Crippen LogP contribution in [0.2, 0.25) is 0 Å². The number of fused-ring (bicyclic) bond motifs is 1. The second-order valence-electron chi connectivity index (χ2n) is 5.83. The van der Waals surface area contributed by atoms with Gasteiger partial charge < -0.3 is 19.0 Å². The van der Waals surface area contributed by atoms with Crippen molar-refractivity contribution in [1.29, 1.82) is 0 Å². The molecule has 7 nitrogen and oxygen atoms in total. The molecule has 0 saturated carbocycles. The van der Waals surface area contributed by atoms with Crippen molar-refractivity contribution in [3.05, 3.63) is 48.4 Å². The molecular formula is C17H18N4O3. The van der Waals surface area contributed by atoms with E-state index < -0.39 is 0 Å². The Morgan fingerprint density at radius 2 is 2.29 bits per heavy atom. The first-order chi connectivity index (χ1) is 11.8. The normalized spacial score (nSPS) is 17.4. The average molecular weight is 326 g/mol. The number of nitrogens with zero attached hydrogens (tertiary/aromatic N) is 3. The van der Waals surface area contributed by atoms with Crippen molar-refractivity contribution in [2.75, 3.05) is 13.2 Å². The summed E-state index contributed by atoms with van der Waals surface area (Å²) >= 11 is 0. The van der Waals surface area contributed by atoms with Crippen LogP contribution in [0.15, 0.2) is 41.3 Å². The Kier molecular flexibility index (Phi) is 4.00. The number of hydrogen-bond donors (Lipinski definition) is 1. The highest BCUT2D eigenvalue weighted by atomic mass is 16.5. The Bertz CT molecular complexity index is 848. The molecule has 1 aliphatic heterocycles. The number of nitrogens with one attached hydrogen (secondary N) is 1. The Balaban J connectivity index is 1.41. The zero-order valence-electron chi connectivity index (χ0n) is 13.1. The van der Waals surface area contributed by atoms with Crippen LogP contribution in [-0.4, -0.2) is 39.7 Å². The van der Waals surface area contributed by atoms with E-state index in [-0.39, 0.29) is 17.7 Å². The van der Waals surface area contributed by atoms with E-state index in [9.17, 15) is 4.79 Å². The number of oxazole rings is 1. The molecule has 2 aromatic heterocycles. The van der Waals surface area contributed by atoms with Gasteiger partial charge in [-0.05, 0) is 25.0 Å². The van der Waals surface area contributed by atoms with Gasteiger partial charge in [0.1, 0.15) is 12.8 Å². The SMILES string of the molecule is O=C(NC[C@@H]1CCCO1)c1coc(Cn2cnc3ccccc32)n1. The lowest BCUT2D eigenvalue weighted by Crippen LogP contribution is -2.31. The molecule has 3 aromatic rings. The Morgan fingerprint density at radius 1 is 1.38 bits per heavy atom. The molecule has 1 saturated heterocycles. The molecule has 7 heteroatoms. The van der Waals surface area contributed by atoms with Gasteiger partial charge in [-0.1, -0.05) is 12.1 Å². The number of hydrogen-bond acceptors (Lipinski definition) is 5. The molecule has 0 unspecified atom stereocenters. The fourth-order valence-electron chi connectivity index (χ4n) is 2.87. The van der Waals surface area contributed by atoms with Gasteiger partial charge in [-0.25, -0.2) is 9.97 Å². The highest BCUT2D eigenvalue weighted by Gasteiger charge is 2.18. The van der Waals surface area contributed by atoms with E-state index >= 15 is 0 Å². The summed E-state index contributed by atoms with van der Waals surface area (Å²) in [6, 6.07) is 7.84. The molecule has 0 spiro atoms. The van der Waals surface area contributed by atoms with Gasteiger partial charge in [0.15, 0.2) is 5.69 Å². The fourth-order valence-corrected chi connectivity index (χ4v) is 2.87. The van der Waals surface area contributed by atoms with Crippen LogP contribution in [0.5, 0.6) is 0 Å². The first kappa shape index (κ1) is 14.9. The second kappa shape index (κ2) is 6.45. The monoisotopic (exact) mass is 326 g/mol. The third-order valence-corrected chi connectivity index (χ3v) is 4.13. The molecule has 0 bridgehead atoms. The lowest BCUT2D eigenvalue weighted by molar-refractivity contribution is 0.0853. The largest absolute Gasteiger partial charge is 0.446 e. The van der Waals surface area contributed by atoms with E-state index in [0.717, 1.165) is 30.5 Å². The number of carbonyl (C=O) groups is 1. The van der Waals surface area contributed by atoms with Crippen molar-refractivity contribution in [2.24, 2.45) is 0 Å². The summed E-state index contributed by atoms with van der Waals surface area (Å²) in [6.45, 7) is 1.71. The smallest absolute Gasteiger partial charge is 0.273 e. The van der Waals surface area contributed by atoms with E-state index in [0.29, 0.717) is 19.0 Å². The number of benzene rings is 1. The fraction of sp³-hybridized carbons (Fsp3) is 0.353. The first-order valence-corrected chi connectivity index (χ1v) is 8.04. The Morgan fingerprint density at radius 3 is 3.17 bits per heavy atom. The van der Waals surface area contributed by atoms with Crippen LogP contribution in [0.4, 0.5) is 0 Å². The van der Waals surface area contributed by atoms with Gasteiger partial charge in [-0.3, -0.25) is 4.79 Å². The summed E-state index contributed by atoms with van der Waals surface area (Å²) in [6.07, 6.45) is 5.27. The summed E-state index contributed by atoms with van der Waals surface area (Å²) in [5, 5.41) is 2.84. The predicted molar refractivity (Wildman–Crippen MR) is 86.6 cm³/mol. The molecule has 3 heterocycles. The molecular weight excluding hydrogens is 308 g/mol. The maximum Gasteiger partial charge on any atom is 0.273 e. The quantitative estimate of drug-likeness (QED) is 0.775. The standard InChI is InChI=1S/C17H18N4O3/c22-17(18-8-12-4-3-7-23-12)14-10-24-16(20-14)9-21-11-19-13-5-1-2-6-15(13)21/h1-2,5-6,10-12H,3-4,7-9H2,(H,18,22)/t12-/m0/s1. The van der Waals surface area contributed by atoms with Crippen molar-refractivity contribution in [2.45, 2.75) is 25.5 Å². The predicted octanol–water partition coefficient (Wildman–Crippen LogP) is 1.98. The molecule has 1 amide bonds. The van der Waals surface area contributed by atoms with Crippen LogP contribution in [0.25, 0.3) is 11.0 Å². The highest BCUT2D eigenvalue weighted by Crippen LogP contribution is 2.14. The van der Waals surface area contributed by atoms with Crippen LogP contribution < -0.4 is 5.32 Å². The summed E-state index contributed by atoms with van der Waals surface area (Å²) in [5.41, 5.74) is 2.20. The number of amides is 1. The van der Waals surface area contributed by atoms with Crippen LogP contribution in [0.3, 0.4) is 0 Å². The highest BCUT2D eigenvalue weighted by molar-refractivity contribution is 5.91. The Hall–Kier alpha value is -2.67. The second-order valence-corrected chi connectivity index (χ2v) is 5.83. The Labute approximate surface area is 138 Å². The number of imidazole rings is 1. The summed E-state index contributed by atoms with van der Waals surface area (Å²) in [5.74, 6) is 0.233. The van der Waals surface area contributed by atoms with Gasteiger partial charge in [-0.2, -0.15) is 0 Å². The van der Waals surface area contributed by atoms with Gasteiger partial charge >= 0.3 is 0 Å². The van der Waals surface area contributed by atoms with Crippen molar-refractivity contribution >= 4 is 16.9 Å². The minimum Gasteiger partial charge on any atom is -0.446 e. The van der Waals surface area contributed by atoms with Gasteiger partial charge in [-0.15, -0.1) is 0 Å². The number of para-hydroxylation sites is 2. The van der Waals surface area contributed by atoms with Crippen molar-refractivity contribution in [1.82, 2.24) is 19.9 Å². The van der Waals surface area contributed by atoms with Gasteiger partial charge in [0.05, 0.1) is 23.5 Å². The van der Waals surface area contributed by atoms with E-state index in [1.165, 1.54) is 6.26 Å². The van der Waals surface area contributed by atoms with Crippen LogP contribution >= 0.6 is 0 Å². The van der Waals surface area contributed by atoms with Gasteiger partial charge in [0, 0.05) is 13.2 Å². The number of aromatic nitrogens is 3. The molecule has 0 aliphatic carbocycles. The topological polar surface area (TPSA) is 82.2 Å². The maximum absolute atomic E-state index is 12.1. The molecule has 0 radical (unpaired) electrons. The first-order valence-electron chi connectivity index (χ1n) is 8.04. The van der Waals surface area contributed by atoms with E-state index in [2.05, 4.69) is 15.3 Å². The zero-order valence-corrected chi connectivity index (χ0v) is 13.1. The molecule has 24 heavy (non-hydrogen) atoms. The molecule has 1 aromatic carbocycles. The van der Waals surface area contributed by atoms with Crippen LogP contribution in [0, 0.1) is 0 Å².